The number of rotatable bonds is 4. The van der Waals surface area contributed by atoms with Gasteiger partial charge in [-0.2, -0.15) is 0 Å². The molecule has 3 rings (SSSR count). The Balaban J connectivity index is 2.23. The highest BCUT2D eigenvalue weighted by atomic mass is 35.5. The fraction of sp³-hybridized carbons (Fsp3) is 0.211. The zero-order valence-corrected chi connectivity index (χ0v) is 14.9. The quantitative estimate of drug-likeness (QED) is 0.614. The fourth-order valence-corrected chi connectivity index (χ4v) is 3.05. The molecule has 0 spiro atoms. The standard InChI is InChI=1S/C19H17ClF2N2O/c1-4-25-14-9-15(21)17(16(22)10-14)18-19(20)23-12(3)24(18)13-7-5-11(2)6-8-13/h5-10H,4H2,1-3H3. The van der Waals surface area contributed by atoms with E-state index in [0.29, 0.717) is 12.4 Å². The molecule has 1 heterocycles. The van der Waals surface area contributed by atoms with Crippen molar-refractivity contribution >= 4 is 11.6 Å². The van der Waals surface area contributed by atoms with Crippen LogP contribution in [0, 0.1) is 25.5 Å². The van der Waals surface area contributed by atoms with Gasteiger partial charge in [-0.25, -0.2) is 13.8 Å². The first-order valence-electron chi connectivity index (χ1n) is 7.86. The molecule has 0 radical (unpaired) electrons. The van der Waals surface area contributed by atoms with Crippen molar-refractivity contribution in [2.24, 2.45) is 0 Å². The number of benzene rings is 2. The SMILES string of the molecule is CCOc1cc(F)c(-c2c(Cl)nc(C)n2-c2ccc(C)cc2)c(F)c1. The van der Waals surface area contributed by atoms with E-state index in [1.54, 1.807) is 18.4 Å². The molecule has 3 nitrogen and oxygen atoms in total. The molecule has 0 amide bonds. The van der Waals surface area contributed by atoms with Crippen LogP contribution in [0.1, 0.15) is 18.3 Å². The number of nitrogens with zero attached hydrogens (tertiary/aromatic N) is 2. The lowest BCUT2D eigenvalue weighted by Gasteiger charge is -2.13. The smallest absolute Gasteiger partial charge is 0.155 e. The van der Waals surface area contributed by atoms with Crippen molar-refractivity contribution in [3.05, 3.63) is 64.6 Å². The second-order valence-corrected chi connectivity index (χ2v) is 6.02. The van der Waals surface area contributed by atoms with Crippen molar-refractivity contribution in [3.8, 4) is 22.7 Å². The van der Waals surface area contributed by atoms with Crippen LogP contribution in [-0.2, 0) is 0 Å². The molecule has 0 aliphatic rings. The van der Waals surface area contributed by atoms with E-state index in [9.17, 15) is 8.78 Å². The molecule has 6 heteroatoms. The fourth-order valence-electron chi connectivity index (χ4n) is 2.75. The Labute approximate surface area is 149 Å². The predicted molar refractivity (Wildman–Crippen MR) is 94.6 cm³/mol. The van der Waals surface area contributed by atoms with E-state index < -0.39 is 11.6 Å². The number of halogens is 3. The molecule has 0 fully saturated rings. The minimum Gasteiger partial charge on any atom is -0.494 e. The summed E-state index contributed by atoms with van der Waals surface area (Å²) in [6.45, 7) is 5.76. The summed E-state index contributed by atoms with van der Waals surface area (Å²) in [5, 5.41) is 0.0417. The van der Waals surface area contributed by atoms with Crippen LogP contribution in [0.3, 0.4) is 0 Å². The van der Waals surface area contributed by atoms with Crippen molar-refractivity contribution in [2.75, 3.05) is 6.61 Å². The highest BCUT2D eigenvalue weighted by molar-refractivity contribution is 6.32. The maximum absolute atomic E-state index is 14.6. The normalized spacial score (nSPS) is 11.0. The van der Waals surface area contributed by atoms with E-state index in [4.69, 9.17) is 16.3 Å². The molecule has 1 aromatic heterocycles. The molecule has 0 N–H and O–H groups in total. The van der Waals surface area contributed by atoms with Gasteiger partial charge in [0, 0.05) is 17.8 Å². The number of hydrogen-bond donors (Lipinski definition) is 0. The van der Waals surface area contributed by atoms with Gasteiger partial charge < -0.3 is 4.74 Å². The molecule has 0 aliphatic heterocycles. The van der Waals surface area contributed by atoms with Crippen LogP contribution < -0.4 is 4.74 Å². The highest BCUT2D eigenvalue weighted by Gasteiger charge is 2.23. The van der Waals surface area contributed by atoms with Gasteiger partial charge in [0.05, 0.1) is 17.9 Å². The van der Waals surface area contributed by atoms with Gasteiger partial charge in [0.25, 0.3) is 0 Å². The van der Waals surface area contributed by atoms with Gasteiger partial charge in [-0.1, -0.05) is 29.3 Å². The van der Waals surface area contributed by atoms with Gasteiger partial charge >= 0.3 is 0 Å². The Bertz CT molecular complexity index is 897. The lowest BCUT2D eigenvalue weighted by molar-refractivity contribution is 0.336. The van der Waals surface area contributed by atoms with Gasteiger partial charge in [-0.3, -0.25) is 4.57 Å². The molecule has 2 aromatic carbocycles. The largest absolute Gasteiger partial charge is 0.494 e. The molecule has 25 heavy (non-hydrogen) atoms. The van der Waals surface area contributed by atoms with E-state index in [2.05, 4.69) is 4.98 Å². The third-order valence-electron chi connectivity index (χ3n) is 3.86. The summed E-state index contributed by atoms with van der Waals surface area (Å²) in [6.07, 6.45) is 0. The molecule has 130 valence electrons. The lowest BCUT2D eigenvalue weighted by atomic mass is 10.1. The summed E-state index contributed by atoms with van der Waals surface area (Å²) in [7, 11) is 0. The van der Waals surface area contributed by atoms with E-state index in [1.165, 1.54) is 0 Å². The number of aryl methyl sites for hydroxylation is 2. The van der Waals surface area contributed by atoms with Crippen molar-refractivity contribution in [1.82, 2.24) is 9.55 Å². The van der Waals surface area contributed by atoms with Crippen molar-refractivity contribution in [3.63, 3.8) is 0 Å². The molecule has 0 atom stereocenters. The summed E-state index contributed by atoms with van der Waals surface area (Å²) >= 11 is 6.21. The summed E-state index contributed by atoms with van der Waals surface area (Å²) in [5.74, 6) is -0.829. The zero-order chi connectivity index (χ0) is 18.1. The van der Waals surface area contributed by atoms with Gasteiger partial charge in [-0.05, 0) is 32.9 Å². The maximum atomic E-state index is 14.6. The Kier molecular flexibility index (Phi) is 4.77. The number of hydrogen-bond acceptors (Lipinski definition) is 2. The van der Waals surface area contributed by atoms with Gasteiger partial charge in [-0.15, -0.1) is 0 Å². The number of ether oxygens (including phenoxy) is 1. The van der Waals surface area contributed by atoms with Crippen LogP contribution in [0.15, 0.2) is 36.4 Å². The number of aromatic nitrogens is 2. The Morgan fingerprint density at radius 1 is 1.08 bits per heavy atom. The Morgan fingerprint density at radius 2 is 1.68 bits per heavy atom. The van der Waals surface area contributed by atoms with Gasteiger partial charge in [0.15, 0.2) is 5.15 Å². The Morgan fingerprint density at radius 3 is 2.24 bits per heavy atom. The molecule has 0 bridgehead atoms. The third-order valence-corrected chi connectivity index (χ3v) is 4.12. The minimum atomic E-state index is -0.751. The summed E-state index contributed by atoms with van der Waals surface area (Å²) in [5.41, 5.74) is 1.76. The lowest BCUT2D eigenvalue weighted by Crippen LogP contribution is -2.03. The van der Waals surface area contributed by atoms with E-state index >= 15 is 0 Å². The van der Waals surface area contributed by atoms with Crippen molar-refractivity contribution < 1.29 is 13.5 Å². The average molecular weight is 363 g/mol. The average Bonchev–Trinajstić information content (AvgIpc) is 2.82. The molecule has 0 saturated carbocycles. The van der Waals surface area contributed by atoms with Crippen molar-refractivity contribution in [2.45, 2.75) is 20.8 Å². The summed E-state index contributed by atoms with van der Waals surface area (Å²) in [6, 6.07) is 9.84. The van der Waals surface area contributed by atoms with Crippen LogP contribution >= 0.6 is 11.6 Å². The summed E-state index contributed by atoms with van der Waals surface area (Å²) in [4.78, 5) is 4.19. The van der Waals surface area contributed by atoms with Crippen LogP contribution in [0.5, 0.6) is 5.75 Å². The molecule has 0 saturated heterocycles. The topological polar surface area (TPSA) is 27.1 Å². The number of imidazole rings is 1. The second kappa shape index (κ2) is 6.84. The monoisotopic (exact) mass is 362 g/mol. The minimum absolute atomic E-state index is 0.0417. The van der Waals surface area contributed by atoms with E-state index in [-0.39, 0.29) is 22.2 Å². The van der Waals surface area contributed by atoms with Crippen molar-refractivity contribution in [1.29, 1.82) is 0 Å². The highest BCUT2D eigenvalue weighted by Crippen LogP contribution is 2.36. The molecular weight excluding hydrogens is 346 g/mol. The predicted octanol–water partition coefficient (Wildman–Crippen LogP) is 5.49. The zero-order valence-electron chi connectivity index (χ0n) is 14.1. The Hall–Kier alpha value is -2.40. The third kappa shape index (κ3) is 3.24. The summed E-state index contributed by atoms with van der Waals surface area (Å²) < 4.78 is 36.1. The van der Waals surface area contributed by atoms with Gasteiger partial charge in [0.2, 0.25) is 0 Å². The molecular formula is C19H17ClF2N2O. The molecule has 0 aliphatic carbocycles. The van der Waals surface area contributed by atoms with E-state index in [1.807, 2.05) is 31.2 Å². The van der Waals surface area contributed by atoms with E-state index in [0.717, 1.165) is 23.4 Å². The first kappa shape index (κ1) is 17.4. The molecule has 3 aromatic rings. The first-order valence-corrected chi connectivity index (χ1v) is 8.24. The molecule has 0 unspecified atom stereocenters. The van der Waals surface area contributed by atoms with Crippen LogP contribution in [-0.4, -0.2) is 16.2 Å². The second-order valence-electron chi connectivity index (χ2n) is 5.66. The first-order chi connectivity index (χ1) is 11.9. The van der Waals surface area contributed by atoms with Crippen LogP contribution in [0.2, 0.25) is 5.15 Å². The van der Waals surface area contributed by atoms with Gasteiger partial charge in [0.1, 0.15) is 23.2 Å². The van der Waals surface area contributed by atoms with Crippen LogP contribution in [0.25, 0.3) is 16.9 Å². The van der Waals surface area contributed by atoms with Crippen LogP contribution in [0.4, 0.5) is 8.78 Å². The maximum Gasteiger partial charge on any atom is 0.155 e.